The predicted molar refractivity (Wildman–Crippen MR) is 59.0 cm³/mol. The first kappa shape index (κ1) is 10.4. The van der Waals surface area contributed by atoms with Crippen molar-refractivity contribution in [3.8, 4) is 0 Å². The second-order valence-electron chi connectivity index (χ2n) is 3.73. The summed E-state index contributed by atoms with van der Waals surface area (Å²) < 4.78 is 0. The highest BCUT2D eigenvalue weighted by Crippen LogP contribution is 2.17. The molecule has 4 heteroatoms. The maximum absolute atomic E-state index is 12.0. The van der Waals surface area contributed by atoms with Gasteiger partial charge < -0.3 is 4.90 Å². The highest BCUT2D eigenvalue weighted by molar-refractivity contribution is 6.21. The van der Waals surface area contributed by atoms with E-state index in [4.69, 9.17) is 11.6 Å². The molecule has 15 heavy (non-hydrogen) atoms. The van der Waals surface area contributed by atoms with Crippen molar-refractivity contribution in [3.63, 3.8) is 0 Å². The summed E-state index contributed by atoms with van der Waals surface area (Å²) in [5, 5.41) is 0.101. The molecule has 1 unspecified atom stereocenters. The lowest BCUT2D eigenvalue weighted by molar-refractivity contribution is 0.0727. The van der Waals surface area contributed by atoms with E-state index >= 15 is 0 Å². The summed E-state index contributed by atoms with van der Waals surface area (Å²) in [6.07, 6.45) is 5.26. The van der Waals surface area contributed by atoms with E-state index in [2.05, 4.69) is 4.98 Å². The molecule has 0 aliphatic carbocycles. The van der Waals surface area contributed by atoms with Crippen molar-refractivity contribution in [2.24, 2.45) is 0 Å². The molecular weight excluding hydrogens is 212 g/mol. The minimum atomic E-state index is 0.0581. The fourth-order valence-corrected chi connectivity index (χ4v) is 2.11. The smallest absolute Gasteiger partial charge is 0.254 e. The summed E-state index contributed by atoms with van der Waals surface area (Å²) in [7, 11) is 0. The average Bonchev–Trinajstić information content (AvgIpc) is 2.29. The van der Waals surface area contributed by atoms with Crippen molar-refractivity contribution in [1.29, 1.82) is 0 Å². The fraction of sp³-hybridized carbons (Fsp3) is 0.455. The van der Waals surface area contributed by atoms with Gasteiger partial charge >= 0.3 is 0 Å². The van der Waals surface area contributed by atoms with Crippen LogP contribution in [0.2, 0.25) is 0 Å². The molecule has 0 aromatic carbocycles. The van der Waals surface area contributed by atoms with E-state index < -0.39 is 0 Å². The molecule has 1 aliphatic heterocycles. The first-order valence-electron chi connectivity index (χ1n) is 5.11. The topological polar surface area (TPSA) is 33.2 Å². The third-order valence-corrected chi connectivity index (χ3v) is 2.93. The van der Waals surface area contributed by atoms with E-state index in [1.165, 1.54) is 0 Å². The monoisotopic (exact) mass is 224 g/mol. The number of nitrogens with zero attached hydrogens (tertiary/aromatic N) is 2. The lowest BCUT2D eigenvalue weighted by Gasteiger charge is -2.29. The normalized spacial score (nSPS) is 21.4. The Bertz CT molecular complexity index is 342. The molecule has 0 N–H and O–H groups in total. The van der Waals surface area contributed by atoms with E-state index in [9.17, 15) is 4.79 Å². The first-order valence-corrected chi connectivity index (χ1v) is 5.54. The Hall–Kier alpha value is -1.09. The van der Waals surface area contributed by atoms with Gasteiger partial charge in [-0.25, -0.2) is 0 Å². The van der Waals surface area contributed by atoms with Crippen molar-refractivity contribution in [3.05, 3.63) is 30.1 Å². The predicted octanol–water partition coefficient (Wildman–Crippen LogP) is 1.93. The minimum absolute atomic E-state index is 0.0581. The number of carbonyl (C=O) groups is 1. The summed E-state index contributed by atoms with van der Waals surface area (Å²) in [5.41, 5.74) is 0.691. The van der Waals surface area contributed by atoms with Crippen LogP contribution in [0.15, 0.2) is 24.5 Å². The summed E-state index contributed by atoms with van der Waals surface area (Å²) >= 11 is 6.04. The molecule has 2 rings (SSSR count). The molecule has 3 nitrogen and oxygen atoms in total. The summed E-state index contributed by atoms with van der Waals surface area (Å²) in [6, 6.07) is 3.47. The van der Waals surface area contributed by atoms with E-state index in [1.54, 1.807) is 24.5 Å². The molecule has 1 aromatic rings. The molecule has 2 heterocycles. The van der Waals surface area contributed by atoms with Crippen LogP contribution in [0.1, 0.15) is 23.2 Å². The second kappa shape index (κ2) is 4.62. The number of rotatable bonds is 1. The Balaban J connectivity index is 2.08. The SMILES string of the molecule is O=C(c1ccncc1)N1CCCC(Cl)C1. The van der Waals surface area contributed by atoms with Gasteiger partial charge in [-0.1, -0.05) is 0 Å². The number of hydrogen-bond acceptors (Lipinski definition) is 2. The van der Waals surface area contributed by atoms with Gasteiger partial charge in [-0.2, -0.15) is 0 Å². The molecule has 0 spiro atoms. The van der Waals surface area contributed by atoms with Crippen LogP contribution < -0.4 is 0 Å². The van der Waals surface area contributed by atoms with Crippen LogP contribution in [0.3, 0.4) is 0 Å². The number of pyridine rings is 1. The molecule has 80 valence electrons. The molecule has 1 aromatic heterocycles. The summed E-state index contributed by atoms with van der Waals surface area (Å²) in [6.45, 7) is 1.47. The number of hydrogen-bond donors (Lipinski definition) is 0. The zero-order chi connectivity index (χ0) is 10.7. The van der Waals surface area contributed by atoms with Gasteiger partial charge in [-0.05, 0) is 25.0 Å². The van der Waals surface area contributed by atoms with Gasteiger partial charge in [0.2, 0.25) is 0 Å². The van der Waals surface area contributed by atoms with Crippen LogP contribution in [0.25, 0.3) is 0 Å². The Kier molecular flexibility index (Phi) is 3.21. The Morgan fingerprint density at radius 1 is 1.47 bits per heavy atom. The Morgan fingerprint density at radius 3 is 2.87 bits per heavy atom. The number of piperidine rings is 1. The highest BCUT2D eigenvalue weighted by Gasteiger charge is 2.22. The number of amides is 1. The molecule has 1 amide bonds. The average molecular weight is 225 g/mol. The molecule has 1 fully saturated rings. The maximum atomic E-state index is 12.0. The van der Waals surface area contributed by atoms with Crippen molar-refractivity contribution >= 4 is 17.5 Å². The first-order chi connectivity index (χ1) is 7.27. The lowest BCUT2D eigenvalue weighted by atomic mass is 10.1. The standard InChI is InChI=1S/C11H13ClN2O/c12-10-2-1-7-14(8-10)11(15)9-3-5-13-6-4-9/h3-6,10H,1-2,7-8H2. The zero-order valence-corrected chi connectivity index (χ0v) is 9.15. The molecule has 0 radical (unpaired) electrons. The van der Waals surface area contributed by atoms with E-state index in [-0.39, 0.29) is 11.3 Å². The molecule has 0 saturated carbocycles. The van der Waals surface area contributed by atoms with Gasteiger partial charge in [0.05, 0.1) is 5.38 Å². The minimum Gasteiger partial charge on any atom is -0.337 e. The lowest BCUT2D eigenvalue weighted by Crippen LogP contribution is -2.40. The van der Waals surface area contributed by atoms with E-state index in [0.717, 1.165) is 19.4 Å². The largest absolute Gasteiger partial charge is 0.337 e. The van der Waals surface area contributed by atoms with Crippen LogP contribution in [0, 0.1) is 0 Å². The van der Waals surface area contributed by atoms with Crippen molar-refractivity contribution in [1.82, 2.24) is 9.88 Å². The Labute approximate surface area is 94.1 Å². The second-order valence-corrected chi connectivity index (χ2v) is 4.34. The molecular formula is C11H13ClN2O. The van der Waals surface area contributed by atoms with Crippen molar-refractivity contribution < 1.29 is 4.79 Å². The van der Waals surface area contributed by atoms with Gasteiger partial charge in [0.15, 0.2) is 0 Å². The van der Waals surface area contributed by atoms with Crippen LogP contribution in [-0.2, 0) is 0 Å². The molecule has 1 saturated heterocycles. The Morgan fingerprint density at radius 2 is 2.20 bits per heavy atom. The van der Waals surface area contributed by atoms with Gasteiger partial charge in [0.25, 0.3) is 5.91 Å². The molecule has 1 atom stereocenters. The van der Waals surface area contributed by atoms with Crippen molar-refractivity contribution in [2.75, 3.05) is 13.1 Å². The van der Waals surface area contributed by atoms with Gasteiger partial charge in [-0.3, -0.25) is 9.78 Å². The molecule has 1 aliphatic rings. The maximum Gasteiger partial charge on any atom is 0.254 e. The zero-order valence-electron chi connectivity index (χ0n) is 8.40. The number of carbonyl (C=O) groups excluding carboxylic acids is 1. The third-order valence-electron chi connectivity index (χ3n) is 2.58. The number of halogens is 1. The van der Waals surface area contributed by atoms with Crippen LogP contribution in [-0.4, -0.2) is 34.3 Å². The number of aromatic nitrogens is 1. The van der Waals surface area contributed by atoms with E-state index in [1.807, 2.05) is 4.90 Å². The van der Waals surface area contributed by atoms with Crippen LogP contribution in [0.5, 0.6) is 0 Å². The van der Waals surface area contributed by atoms with Gasteiger partial charge in [0, 0.05) is 31.0 Å². The summed E-state index contributed by atoms with van der Waals surface area (Å²) in [4.78, 5) is 17.7. The van der Waals surface area contributed by atoms with Gasteiger partial charge in [-0.15, -0.1) is 11.6 Å². The van der Waals surface area contributed by atoms with Crippen molar-refractivity contribution in [2.45, 2.75) is 18.2 Å². The quantitative estimate of drug-likeness (QED) is 0.683. The van der Waals surface area contributed by atoms with Crippen LogP contribution in [0.4, 0.5) is 0 Å². The molecule has 0 bridgehead atoms. The highest BCUT2D eigenvalue weighted by atomic mass is 35.5. The van der Waals surface area contributed by atoms with Crippen LogP contribution >= 0.6 is 11.6 Å². The van der Waals surface area contributed by atoms with Gasteiger partial charge in [0.1, 0.15) is 0 Å². The number of alkyl halides is 1. The number of likely N-dealkylation sites (tertiary alicyclic amines) is 1. The fourth-order valence-electron chi connectivity index (χ4n) is 1.79. The third kappa shape index (κ3) is 2.48. The summed E-state index contributed by atoms with van der Waals surface area (Å²) in [5.74, 6) is 0.0581. The van der Waals surface area contributed by atoms with E-state index in [0.29, 0.717) is 12.1 Å².